The number of thiazole rings is 1. The van der Waals surface area contributed by atoms with Crippen LogP contribution < -0.4 is 0 Å². The van der Waals surface area contributed by atoms with Gasteiger partial charge in [0.1, 0.15) is 0 Å². The second kappa shape index (κ2) is 5.87. The molecule has 4 aromatic rings. The summed E-state index contributed by atoms with van der Waals surface area (Å²) in [6.07, 6.45) is 5.42. The summed E-state index contributed by atoms with van der Waals surface area (Å²) < 4.78 is 7.94. The van der Waals surface area contributed by atoms with Gasteiger partial charge in [0.2, 0.25) is 11.8 Å². The highest BCUT2D eigenvalue weighted by Gasteiger charge is 2.28. The third-order valence-electron chi connectivity index (χ3n) is 4.01. The summed E-state index contributed by atoms with van der Waals surface area (Å²) in [5.41, 5.74) is 2.00. The van der Waals surface area contributed by atoms with E-state index in [0.717, 1.165) is 17.1 Å². The topological polar surface area (TPSA) is 56.2 Å². The molecule has 0 saturated heterocycles. The molecule has 0 fully saturated rings. The summed E-state index contributed by atoms with van der Waals surface area (Å²) in [4.78, 5) is 5.54. The first kappa shape index (κ1) is 15.1. The molecule has 0 saturated carbocycles. The monoisotopic (exact) mass is 338 g/mol. The molecule has 0 atom stereocenters. The Balaban J connectivity index is 1.52. The smallest absolute Gasteiger partial charge is 0.222 e. The summed E-state index contributed by atoms with van der Waals surface area (Å²) in [6.45, 7) is 4.26. The molecule has 0 aliphatic heterocycles. The minimum atomic E-state index is -0.207. The number of nitrogens with zero attached hydrogens (tertiary/aromatic N) is 4. The van der Waals surface area contributed by atoms with Crippen LogP contribution >= 0.6 is 11.3 Å². The van der Waals surface area contributed by atoms with Crippen molar-refractivity contribution in [1.82, 2.24) is 19.6 Å². The highest BCUT2D eigenvalue weighted by molar-refractivity contribution is 7.15. The van der Waals surface area contributed by atoms with Crippen molar-refractivity contribution in [3.63, 3.8) is 0 Å². The van der Waals surface area contributed by atoms with Gasteiger partial charge in [0.05, 0.1) is 12.1 Å². The average molecular weight is 338 g/mol. The third-order valence-corrected chi connectivity index (χ3v) is 4.78. The average Bonchev–Trinajstić information content (AvgIpc) is 3.24. The molecule has 0 bridgehead atoms. The maximum atomic E-state index is 5.93. The quantitative estimate of drug-likeness (QED) is 0.554. The number of imidazole rings is 1. The molecule has 0 spiro atoms. The molecule has 0 amide bonds. The van der Waals surface area contributed by atoms with Crippen molar-refractivity contribution in [1.29, 1.82) is 0 Å². The van der Waals surface area contributed by atoms with Gasteiger partial charge in [0.15, 0.2) is 4.96 Å². The Morgan fingerprint density at radius 2 is 2.00 bits per heavy atom. The van der Waals surface area contributed by atoms with Crippen molar-refractivity contribution < 1.29 is 4.42 Å². The Labute approximate surface area is 144 Å². The number of rotatable bonds is 5. The van der Waals surface area contributed by atoms with Crippen molar-refractivity contribution in [2.45, 2.75) is 32.1 Å². The van der Waals surface area contributed by atoms with Crippen LogP contribution in [0.15, 0.2) is 52.5 Å². The molecule has 0 radical (unpaired) electrons. The molecular weight excluding hydrogens is 320 g/mol. The van der Waals surface area contributed by atoms with Crippen LogP contribution in [0.5, 0.6) is 0 Å². The predicted molar refractivity (Wildman–Crippen MR) is 93.3 cm³/mol. The predicted octanol–water partition coefficient (Wildman–Crippen LogP) is 3.89. The van der Waals surface area contributed by atoms with Gasteiger partial charge < -0.3 is 4.42 Å². The standard InChI is InChI=1S/C18H18N4OS/c1-18(2,11-13-6-4-3-5-7-13)16-21-20-15(23-16)10-14-12-22-8-9-24-17(22)19-14/h3-9,12H,10-11H2,1-2H3. The number of hydrogen-bond donors (Lipinski definition) is 0. The fourth-order valence-corrected chi connectivity index (χ4v) is 3.52. The minimum Gasteiger partial charge on any atom is -0.424 e. The second-order valence-corrected chi connectivity index (χ2v) is 7.42. The third kappa shape index (κ3) is 2.97. The zero-order valence-corrected chi connectivity index (χ0v) is 14.5. The van der Waals surface area contributed by atoms with E-state index in [1.165, 1.54) is 5.56 Å². The summed E-state index contributed by atoms with van der Waals surface area (Å²) in [7, 11) is 0. The van der Waals surface area contributed by atoms with Gasteiger partial charge in [-0.3, -0.25) is 4.40 Å². The van der Waals surface area contributed by atoms with Crippen LogP contribution in [0.4, 0.5) is 0 Å². The maximum Gasteiger partial charge on any atom is 0.222 e. The van der Waals surface area contributed by atoms with Gasteiger partial charge in [-0.2, -0.15) is 0 Å². The zero-order chi connectivity index (χ0) is 16.6. The van der Waals surface area contributed by atoms with Crippen LogP contribution in [-0.4, -0.2) is 19.6 Å². The second-order valence-electron chi connectivity index (χ2n) is 6.55. The van der Waals surface area contributed by atoms with Gasteiger partial charge in [-0.15, -0.1) is 21.5 Å². The zero-order valence-electron chi connectivity index (χ0n) is 13.6. The Bertz CT molecular complexity index is 923. The van der Waals surface area contributed by atoms with E-state index < -0.39 is 0 Å². The molecule has 3 heterocycles. The van der Waals surface area contributed by atoms with Crippen molar-refractivity contribution in [3.05, 3.63) is 71.1 Å². The maximum absolute atomic E-state index is 5.93. The number of hydrogen-bond acceptors (Lipinski definition) is 5. The Hall–Kier alpha value is -2.47. The van der Waals surface area contributed by atoms with E-state index in [1.54, 1.807) is 11.3 Å². The Morgan fingerprint density at radius 3 is 2.79 bits per heavy atom. The summed E-state index contributed by atoms with van der Waals surface area (Å²) in [6, 6.07) is 10.4. The van der Waals surface area contributed by atoms with Crippen LogP contribution in [0, 0.1) is 0 Å². The van der Waals surface area contributed by atoms with Crippen molar-refractivity contribution >= 4 is 16.3 Å². The van der Waals surface area contributed by atoms with E-state index in [9.17, 15) is 0 Å². The van der Waals surface area contributed by atoms with Crippen LogP contribution in [0.3, 0.4) is 0 Å². The van der Waals surface area contributed by atoms with Crippen LogP contribution in [0.25, 0.3) is 4.96 Å². The van der Waals surface area contributed by atoms with Gasteiger partial charge >= 0.3 is 0 Å². The number of fused-ring (bicyclic) bond motifs is 1. The normalized spacial score (nSPS) is 12.1. The largest absolute Gasteiger partial charge is 0.424 e. The minimum absolute atomic E-state index is 0.207. The molecular formula is C18H18N4OS. The lowest BCUT2D eigenvalue weighted by Gasteiger charge is -2.19. The molecule has 0 aliphatic carbocycles. The Morgan fingerprint density at radius 1 is 1.17 bits per heavy atom. The molecule has 1 aromatic carbocycles. The van der Waals surface area contributed by atoms with Crippen molar-refractivity contribution in [3.8, 4) is 0 Å². The molecule has 4 rings (SSSR count). The number of benzene rings is 1. The lowest BCUT2D eigenvalue weighted by atomic mass is 9.86. The van der Waals surface area contributed by atoms with E-state index >= 15 is 0 Å². The molecule has 122 valence electrons. The molecule has 0 N–H and O–H groups in total. The van der Waals surface area contributed by atoms with E-state index in [2.05, 4.69) is 53.3 Å². The first-order valence-corrected chi connectivity index (χ1v) is 8.76. The van der Waals surface area contributed by atoms with Gasteiger partial charge in [-0.25, -0.2) is 4.98 Å². The molecule has 6 heteroatoms. The first-order chi connectivity index (χ1) is 11.6. The van der Waals surface area contributed by atoms with Crippen LogP contribution in [-0.2, 0) is 18.3 Å². The Kier molecular flexibility index (Phi) is 3.69. The van der Waals surface area contributed by atoms with Gasteiger partial charge in [0.25, 0.3) is 0 Å². The van der Waals surface area contributed by atoms with Crippen LogP contribution in [0.1, 0.15) is 36.9 Å². The van der Waals surface area contributed by atoms with E-state index in [0.29, 0.717) is 18.2 Å². The molecule has 3 aromatic heterocycles. The van der Waals surface area contributed by atoms with Gasteiger partial charge in [-0.1, -0.05) is 44.2 Å². The summed E-state index contributed by atoms with van der Waals surface area (Å²) >= 11 is 1.61. The van der Waals surface area contributed by atoms with Crippen molar-refractivity contribution in [2.24, 2.45) is 0 Å². The van der Waals surface area contributed by atoms with Crippen LogP contribution in [0.2, 0.25) is 0 Å². The van der Waals surface area contributed by atoms with Gasteiger partial charge in [0, 0.05) is 23.2 Å². The molecule has 24 heavy (non-hydrogen) atoms. The SMILES string of the molecule is CC(C)(Cc1ccccc1)c1nnc(Cc2cn3ccsc3n2)o1. The van der Waals surface area contributed by atoms with Gasteiger partial charge in [-0.05, 0) is 12.0 Å². The van der Waals surface area contributed by atoms with E-state index in [1.807, 2.05) is 28.2 Å². The number of aromatic nitrogens is 4. The molecule has 0 aliphatic rings. The highest BCUT2D eigenvalue weighted by Crippen LogP contribution is 2.27. The lowest BCUT2D eigenvalue weighted by Crippen LogP contribution is -2.21. The molecule has 5 nitrogen and oxygen atoms in total. The molecule has 0 unspecified atom stereocenters. The summed E-state index contributed by atoms with van der Waals surface area (Å²) in [5.74, 6) is 1.28. The first-order valence-electron chi connectivity index (χ1n) is 7.88. The fourth-order valence-electron chi connectivity index (χ4n) is 2.80. The van der Waals surface area contributed by atoms with E-state index in [4.69, 9.17) is 4.42 Å². The van der Waals surface area contributed by atoms with E-state index in [-0.39, 0.29) is 5.41 Å². The highest BCUT2D eigenvalue weighted by atomic mass is 32.1. The fraction of sp³-hybridized carbons (Fsp3) is 0.278. The lowest BCUT2D eigenvalue weighted by molar-refractivity contribution is 0.352. The summed E-state index contributed by atoms with van der Waals surface area (Å²) in [5, 5.41) is 10.5. The van der Waals surface area contributed by atoms with Crippen molar-refractivity contribution in [2.75, 3.05) is 0 Å².